The number of hydrogen-bond donors (Lipinski definition) is 1. The Morgan fingerprint density at radius 2 is 2.00 bits per heavy atom. The largest absolute Gasteiger partial charge is 0.249 e. The van der Waals surface area contributed by atoms with Crippen LogP contribution in [0.15, 0.2) is 23.1 Å². The number of rotatable bonds is 2. The van der Waals surface area contributed by atoms with Crippen LogP contribution in [-0.4, -0.2) is 10.5 Å². The second-order valence-electron chi connectivity index (χ2n) is 3.66. The van der Waals surface area contributed by atoms with Crippen LogP contribution in [0.4, 0.5) is 4.39 Å². The molecule has 14 heavy (non-hydrogen) atoms. The maximum absolute atomic E-state index is 13.4. The summed E-state index contributed by atoms with van der Waals surface area (Å²) in [6.45, 7) is 3.78. The fraction of sp³-hybridized carbons (Fsp3) is 0.400. The molecule has 4 heteroatoms. The molecule has 0 saturated heterocycles. The van der Waals surface area contributed by atoms with Crippen LogP contribution in [0.25, 0.3) is 0 Å². The number of benzene rings is 1. The Labute approximate surface area is 84.1 Å². The molecular formula is C10H14FNOS. The Balaban J connectivity index is 3.54. The first-order valence-corrected chi connectivity index (χ1v) is 6.33. The van der Waals surface area contributed by atoms with Gasteiger partial charge in [-0.3, -0.25) is 0 Å². The van der Waals surface area contributed by atoms with Gasteiger partial charge in [0.2, 0.25) is 0 Å². The molecule has 0 aliphatic rings. The molecule has 1 atom stereocenters. The van der Waals surface area contributed by atoms with Gasteiger partial charge in [-0.25, -0.2) is 13.4 Å². The van der Waals surface area contributed by atoms with Crippen LogP contribution in [-0.2, 0) is 9.73 Å². The van der Waals surface area contributed by atoms with Crippen molar-refractivity contribution in [3.05, 3.63) is 29.6 Å². The first kappa shape index (κ1) is 11.2. The predicted molar refractivity (Wildman–Crippen MR) is 55.5 cm³/mol. The summed E-state index contributed by atoms with van der Waals surface area (Å²) in [7, 11) is -2.98. The zero-order chi connectivity index (χ0) is 10.9. The van der Waals surface area contributed by atoms with Gasteiger partial charge in [-0.2, -0.15) is 0 Å². The van der Waals surface area contributed by atoms with Crippen LogP contribution in [0, 0.1) is 10.6 Å². The highest BCUT2D eigenvalue weighted by Gasteiger charge is 2.17. The minimum atomic E-state index is -2.98. The van der Waals surface area contributed by atoms with Gasteiger partial charge in [0, 0.05) is 6.26 Å². The van der Waals surface area contributed by atoms with Gasteiger partial charge in [-0.15, -0.1) is 0 Å². The highest BCUT2D eigenvalue weighted by molar-refractivity contribution is 7.91. The molecule has 0 bridgehead atoms. The van der Waals surface area contributed by atoms with E-state index >= 15 is 0 Å². The first-order chi connectivity index (χ1) is 6.34. The van der Waals surface area contributed by atoms with E-state index in [0.717, 1.165) is 0 Å². The Kier molecular flexibility index (Phi) is 2.95. The second kappa shape index (κ2) is 3.69. The van der Waals surface area contributed by atoms with Gasteiger partial charge in [-0.05, 0) is 17.5 Å². The predicted octanol–water partition coefficient (Wildman–Crippen LogP) is 2.98. The summed E-state index contributed by atoms with van der Waals surface area (Å²) in [6.07, 6.45) is 1.25. The summed E-state index contributed by atoms with van der Waals surface area (Å²) < 4.78 is 32.4. The van der Waals surface area contributed by atoms with E-state index in [4.69, 9.17) is 4.78 Å². The summed E-state index contributed by atoms with van der Waals surface area (Å²) in [5.74, 6) is -0.467. The third-order valence-electron chi connectivity index (χ3n) is 2.01. The molecule has 0 radical (unpaired) electrons. The van der Waals surface area contributed by atoms with Crippen molar-refractivity contribution >= 4 is 9.73 Å². The molecule has 0 spiro atoms. The smallest absolute Gasteiger partial charge is 0.140 e. The lowest BCUT2D eigenvalue weighted by molar-refractivity contribution is 0.584. The van der Waals surface area contributed by atoms with Crippen LogP contribution in [0.3, 0.4) is 0 Å². The topological polar surface area (TPSA) is 40.9 Å². The fourth-order valence-corrected chi connectivity index (χ4v) is 2.58. The molecule has 0 aliphatic carbocycles. The standard InChI is InChI=1S/C10H14FNOS/c1-7(2)8-5-4-6-9(11)10(8)14(3,12)13/h4-7,12H,1-3H3/t14-/m1/s1. The normalized spacial score (nSPS) is 15.5. The summed E-state index contributed by atoms with van der Waals surface area (Å²) in [6, 6.07) is 4.55. The quantitative estimate of drug-likeness (QED) is 0.809. The molecule has 78 valence electrons. The van der Waals surface area contributed by atoms with E-state index < -0.39 is 15.5 Å². The summed E-state index contributed by atoms with van der Waals surface area (Å²) >= 11 is 0. The Bertz CT molecular complexity index is 437. The van der Waals surface area contributed by atoms with Gasteiger partial charge in [0.15, 0.2) is 0 Å². The minimum Gasteiger partial charge on any atom is -0.249 e. The van der Waals surface area contributed by atoms with E-state index in [1.54, 1.807) is 12.1 Å². The SMILES string of the molecule is CC(C)c1cccc(F)c1[S@](C)(=N)=O. The lowest BCUT2D eigenvalue weighted by Gasteiger charge is -2.13. The van der Waals surface area contributed by atoms with Crippen molar-refractivity contribution in [2.45, 2.75) is 24.7 Å². The van der Waals surface area contributed by atoms with Crippen molar-refractivity contribution in [2.24, 2.45) is 0 Å². The van der Waals surface area contributed by atoms with Crippen molar-refractivity contribution in [3.63, 3.8) is 0 Å². The van der Waals surface area contributed by atoms with Crippen molar-refractivity contribution < 1.29 is 8.60 Å². The van der Waals surface area contributed by atoms with Crippen molar-refractivity contribution in [1.29, 1.82) is 4.78 Å². The molecule has 0 aliphatic heterocycles. The molecule has 1 rings (SSSR count). The van der Waals surface area contributed by atoms with Gasteiger partial charge in [0.05, 0.1) is 14.6 Å². The zero-order valence-corrected chi connectivity index (χ0v) is 9.32. The second-order valence-corrected chi connectivity index (χ2v) is 5.75. The van der Waals surface area contributed by atoms with E-state index in [9.17, 15) is 8.60 Å². The van der Waals surface area contributed by atoms with Crippen LogP contribution in [0.1, 0.15) is 25.3 Å². The average Bonchev–Trinajstić information content (AvgIpc) is 2.01. The number of halogens is 1. The average molecular weight is 215 g/mol. The first-order valence-electron chi connectivity index (χ1n) is 4.36. The van der Waals surface area contributed by atoms with Crippen LogP contribution in [0.5, 0.6) is 0 Å². The number of hydrogen-bond acceptors (Lipinski definition) is 2. The highest BCUT2D eigenvalue weighted by atomic mass is 32.2. The lowest BCUT2D eigenvalue weighted by Crippen LogP contribution is -2.05. The molecule has 2 nitrogen and oxygen atoms in total. The Hall–Kier alpha value is -0.900. The van der Waals surface area contributed by atoms with Crippen LogP contribution in [0.2, 0.25) is 0 Å². The van der Waals surface area contributed by atoms with E-state index in [0.29, 0.717) is 5.56 Å². The Morgan fingerprint density at radius 3 is 2.36 bits per heavy atom. The van der Waals surface area contributed by atoms with E-state index in [2.05, 4.69) is 0 Å². The maximum Gasteiger partial charge on any atom is 0.140 e. The monoisotopic (exact) mass is 215 g/mol. The summed E-state index contributed by atoms with van der Waals surface area (Å²) in [5, 5.41) is 0. The van der Waals surface area contributed by atoms with Crippen LogP contribution < -0.4 is 0 Å². The van der Waals surface area contributed by atoms with Crippen LogP contribution >= 0.6 is 0 Å². The zero-order valence-electron chi connectivity index (χ0n) is 8.50. The molecule has 1 aromatic rings. The highest BCUT2D eigenvalue weighted by Crippen LogP contribution is 2.26. The molecule has 0 saturated carbocycles. The number of nitrogens with one attached hydrogen (secondary N) is 1. The molecular weight excluding hydrogens is 201 g/mol. The summed E-state index contributed by atoms with van der Waals surface area (Å²) in [5.41, 5.74) is 0.660. The molecule has 0 unspecified atom stereocenters. The van der Waals surface area contributed by atoms with Crippen molar-refractivity contribution in [3.8, 4) is 0 Å². The molecule has 1 N–H and O–H groups in total. The maximum atomic E-state index is 13.4. The summed E-state index contributed by atoms with van der Waals surface area (Å²) in [4.78, 5) is 0.0509. The third kappa shape index (κ3) is 2.12. The van der Waals surface area contributed by atoms with Gasteiger partial charge >= 0.3 is 0 Å². The van der Waals surface area contributed by atoms with Crippen molar-refractivity contribution in [2.75, 3.05) is 6.26 Å². The minimum absolute atomic E-state index is 0.0509. The molecule has 0 amide bonds. The lowest BCUT2D eigenvalue weighted by atomic mass is 10.0. The molecule has 0 heterocycles. The van der Waals surface area contributed by atoms with E-state index in [1.165, 1.54) is 12.3 Å². The van der Waals surface area contributed by atoms with Crippen molar-refractivity contribution in [1.82, 2.24) is 0 Å². The third-order valence-corrected chi connectivity index (χ3v) is 3.22. The molecule has 0 aromatic heterocycles. The Morgan fingerprint density at radius 1 is 1.43 bits per heavy atom. The van der Waals surface area contributed by atoms with Gasteiger partial charge in [0.1, 0.15) is 5.82 Å². The van der Waals surface area contributed by atoms with Gasteiger partial charge in [0.25, 0.3) is 0 Å². The fourth-order valence-electron chi connectivity index (χ4n) is 1.39. The van der Waals surface area contributed by atoms with E-state index in [1.807, 2.05) is 13.8 Å². The van der Waals surface area contributed by atoms with E-state index in [-0.39, 0.29) is 10.8 Å². The molecule has 0 fully saturated rings. The molecule has 1 aromatic carbocycles. The van der Waals surface area contributed by atoms with Gasteiger partial charge in [-0.1, -0.05) is 26.0 Å². The van der Waals surface area contributed by atoms with Gasteiger partial charge < -0.3 is 0 Å².